The highest BCUT2D eigenvalue weighted by atomic mass is 32.2. The van der Waals surface area contributed by atoms with E-state index in [1.165, 1.54) is 4.31 Å². The van der Waals surface area contributed by atoms with E-state index >= 15 is 0 Å². The number of rotatable bonds is 10. The molecule has 10 heteroatoms. The summed E-state index contributed by atoms with van der Waals surface area (Å²) in [6.45, 7) is 12.8. The monoisotopic (exact) mass is 482 g/mol. The number of hydrogen-bond donors (Lipinski definition) is 1. The highest BCUT2D eigenvalue weighted by Crippen LogP contribution is 2.31. The molecule has 0 aromatic heterocycles. The van der Waals surface area contributed by atoms with Crippen molar-refractivity contribution in [3.8, 4) is 0 Å². The van der Waals surface area contributed by atoms with Gasteiger partial charge in [-0.1, -0.05) is 13.8 Å². The number of piperidine rings is 1. The molecule has 186 valence electrons. The minimum absolute atomic E-state index is 0.162. The summed E-state index contributed by atoms with van der Waals surface area (Å²) in [5.74, 6) is -0.424. The second-order valence-electron chi connectivity index (χ2n) is 7.89. The van der Waals surface area contributed by atoms with Gasteiger partial charge in [-0.15, -0.1) is 0 Å². The fourth-order valence-electron chi connectivity index (χ4n) is 4.10. The number of sulfonamides is 1. The van der Waals surface area contributed by atoms with Gasteiger partial charge in [-0.05, 0) is 51.8 Å². The van der Waals surface area contributed by atoms with Gasteiger partial charge in [0.25, 0.3) is 0 Å². The molecule has 1 saturated heterocycles. The number of nitrogens with zero attached hydrogens (tertiary/aromatic N) is 3. The molecule has 0 spiro atoms. The zero-order valence-electron chi connectivity index (χ0n) is 20.5. The lowest BCUT2D eigenvalue weighted by atomic mass is 9.96. The van der Waals surface area contributed by atoms with Crippen molar-refractivity contribution in [3.05, 3.63) is 18.2 Å². The van der Waals surface area contributed by atoms with E-state index in [-0.39, 0.29) is 22.8 Å². The van der Waals surface area contributed by atoms with Crippen LogP contribution in [0.25, 0.3) is 0 Å². The molecule has 0 saturated carbocycles. The Morgan fingerprint density at radius 1 is 1.03 bits per heavy atom. The van der Waals surface area contributed by atoms with Gasteiger partial charge in [-0.2, -0.15) is 4.31 Å². The third-order valence-electron chi connectivity index (χ3n) is 6.06. The number of anilines is 2. The Bertz CT molecular complexity index is 905. The number of carbonyl (C=O) groups excluding carboxylic acids is 2. The maximum Gasteiger partial charge on any atom is 0.409 e. The average molecular weight is 483 g/mol. The van der Waals surface area contributed by atoms with Crippen molar-refractivity contribution >= 4 is 33.4 Å². The van der Waals surface area contributed by atoms with Gasteiger partial charge in [-0.3, -0.25) is 4.79 Å². The molecule has 1 aromatic rings. The van der Waals surface area contributed by atoms with Crippen molar-refractivity contribution in [2.45, 2.75) is 52.4 Å². The molecule has 2 amide bonds. The number of hydrogen-bond acceptors (Lipinski definition) is 6. The molecular formula is C23H38N4O5S. The van der Waals surface area contributed by atoms with Crippen LogP contribution in [0.5, 0.6) is 0 Å². The summed E-state index contributed by atoms with van der Waals surface area (Å²) < 4.78 is 32.6. The molecule has 1 fully saturated rings. The summed E-state index contributed by atoms with van der Waals surface area (Å²) in [7, 11) is -3.66. The summed E-state index contributed by atoms with van der Waals surface area (Å²) in [5.41, 5.74) is 1.28. The highest BCUT2D eigenvalue weighted by molar-refractivity contribution is 7.89. The van der Waals surface area contributed by atoms with Gasteiger partial charge in [0.1, 0.15) is 0 Å². The Kier molecular flexibility index (Phi) is 9.97. The topological polar surface area (TPSA) is 99.3 Å². The van der Waals surface area contributed by atoms with Crippen LogP contribution >= 0.6 is 0 Å². The molecule has 0 aliphatic carbocycles. The van der Waals surface area contributed by atoms with Crippen LogP contribution in [0.3, 0.4) is 0 Å². The molecule has 1 aliphatic rings. The van der Waals surface area contributed by atoms with Crippen LogP contribution in [-0.2, 0) is 19.6 Å². The third kappa shape index (κ3) is 6.38. The Hall–Kier alpha value is -2.33. The zero-order chi connectivity index (χ0) is 24.6. The second-order valence-corrected chi connectivity index (χ2v) is 9.83. The van der Waals surface area contributed by atoms with Gasteiger partial charge in [0.05, 0.1) is 22.9 Å². The minimum atomic E-state index is -3.66. The van der Waals surface area contributed by atoms with E-state index in [1.807, 2.05) is 13.8 Å². The average Bonchev–Trinajstić information content (AvgIpc) is 2.81. The zero-order valence-corrected chi connectivity index (χ0v) is 21.3. The Morgan fingerprint density at radius 3 is 2.15 bits per heavy atom. The molecule has 0 radical (unpaired) electrons. The Labute approximate surface area is 198 Å². The van der Waals surface area contributed by atoms with E-state index in [9.17, 15) is 18.0 Å². The lowest BCUT2D eigenvalue weighted by Crippen LogP contribution is -2.41. The number of nitrogens with one attached hydrogen (secondary N) is 1. The van der Waals surface area contributed by atoms with Crippen molar-refractivity contribution in [2.75, 3.05) is 56.1 Å². The first kappa shape index (κ1) is 26.9. The normalized spacial score (nSPS) is 14.9. The van der Waals surface area contributed by atoms with Crippen molar-refractivity contribution < 1.29 is 22.7 Å². The van der Waals surface area contributed by atoms with Crippen LogP contribution in [0.15, 0.2) is 23.1 Å². The van der Waals surface area contributed by atoms with E-state index in [1.54, 1.807) is 43.9 Å². The first-order valence-corrected chi connectivity index (χ1v) is 13.3. The smallest absolute Gasteiger partial charge is 0.409 e. The fraction of sp³-hybridized carbons (Fsp3) is 0.652. The van der Waals surface area contributed by atoms with Crippen LogP contribution in [0.2, 0.25) is 0 Å². The van der Waals surface area contributed by atoms with Crippen molar-refractivity contribution in [2.24, 2.45) is 5.92 Å². The molecule has 9 nitrogen and oxygen atoms in total. The van der Waals surface area contributed by atoms with E-state index in [0.29, 0.717) is 51.3 Å². The molecule has 1 aromatic carbocycles. The van der Waals surface area contributed by atoms with Crippen LogP contribution in [-0.4, -0.2) is 75.5 Å². The highest BCUT2D eigenvalue weighted by Gasteiger charge is 2.29. The Morgan fingerprint density at radius 2 is 1.64 bits per heavy atom. The molecule has 0 bridgehead atoms. The predicted molar refractivity (Wildman–Crippen MR) is 130 cm³/mol. The van der Waals surface area contributed by atoms with E-state index < -0.39 is 10.0 Å². The number of benzene rings is 1. The lowest BCUT2D eigenvalue weighted by molar-refractivity contribution is -0.121. The third-order valence-corrected chi connectivity index (χ3v) is 8.11. The fourth-order valence-corrected chi connectivity index (χ4v) is 5.59. The predicted octanol–water partition coefficient (Wildman–Crippen LogP) is 3.37. The van der Waals surface area contributed by atoms with Crippen LogP contribution < -0.4 is 10.2 Å². The quantitative estimate of drug-likeness (QED) is 0.549. The van der Waals surface area contributed by atoms with Crippen LogP contribution in [0, 0.1) is 5.92 Å². The lowest BCUT2D eigenvalue weighted by Gasteiger charge is -2.31. The maximum atomic E-state index is 13.1. The number of ether oxygens (including phenoxy) is 1. The molecular weight excluding hydrogens is 444 g/mol. The molecule has 2 rings (SSSR count). The molecule has 0 unspecified atom stereocenters. The van der Waals surface area contributed by atoms with Crippen LogP contribution in [0.4, 0.5) is 16.2 Å². The largest absolute Gasteiger partial charge is 0.450 e. The van der Waals surface area contributed by atoms with Gasteiger partial charge in [0, 0.05) is 45.2 Å². The summed E-state index contributed by atoms with van der Waals surface area (Å²) in [6, 6.07) is 4.93. The van der Waals surface area contributed by atoms with E-state index in [4.69, 9.17) is 4.74 Å². The number of carbonyl (C=O) groups is 2. The molecule has 0 atom stereocenters. The Balaban J connectivity index is 2.27. The van der Waals surface area contributed by atoms with Gasteiger partial charge in [0.2, 0.25) is 15.9 Å². The molecule has 1 aliphatic heterocycles. The van der Waals surface area contributed by atoms with Crippen LogP contribution in [0.1, 0.15) is 47.5 Å². The minimum Gasteiger partial charge on any atom is -0.450 e. The van der Waals surface area contributed by atoms with Crippen molar-refractivity contribution in [3.63, 3.8) is 0 Å². The molecule has 1 heterocycles. The van der Waals surface area contributed by atoms with Gasteiger partial charge >= 0.3 is 6.09 Å². The van der Waals surface area contributed by atoms with Crippen molar-refractivity contribution in [1.82, 2.24) is 9.21 Å². The SMILES string of the molecule is CCOC(=O)N1CCC(C(=O)Nc2cc(S(=O)(=O)N(CC)CC)ccc2N(CC)CC)CC1. The van der Waals surface area contributed by atoms with E-state index in [0.717, 1.165) is 18.8 Å². The van der Waals surface area contributed by atoms with Crippen molar-refractivity contribution in [1.29, 1.82) is 0 Å². The maximum absolute atomic E-state index is 13.1. The first-order chi connectivity index (χ1) is 15.7. The van der Waals surface area contributed by atoms with Gasteiger partial charge in [-0.25, -0.2) is 13.2 Å². The summed E-state index contributed by atoms with van der Waals surface area (Å²) in [4.78, 5) is 28.9. The summed E-state index contributed by atoms with van der Waals surface area (Å²) in [5, 5.41) is 2.99. The van der Waals surface area contributed by atoms with E-state index in [2.05, 4.69) is 10.2 Å². The first-order valence-electron chi connectivity index (χ1n) is 11.8. The van der Waals surface area contributed by atoms with Gasteiger partial charge < -0.3 is 19.9 Å². The summed E-state index contributed by atoms with van der Waals surface area (Å²) in [6.07, 6.45) is 0.709. The number of likely N-dealkylation sites (tertiary alicyclic amines) is 1. The van der Waals surface area contributed by atoms with Gasteiger partial charge in [0.15, 0.2) is 0 Å². The standard InChI is InChI=1S/C23H38N4O5S/c1-6-25(7-2)21-12-11-19(33(30,31)27(8-3)9-4)17-20(21)24-22(28)18-13-15-26(16-14-18)23(29)32-10-5/h11-12,17-18H,6-10,13-16H2,1-5H3,(H,24,28). The summed E-state index contributed by atoms with van der Waals surface area (Å²) >= 11 is 0. The number of amides is 2. The molecule has 33 heavy (non-hydrogen) atoms. The molecule has 1 N–H and O–H groups in total. The second kappa shape index (κ2) is 12.2.